The molecule has 1 aliphatic heterocycles. The van der Waals surface area contributed by atoms with Gasteiger partial charge in [0.25, 0.3) is 0 Å². The van der Waals surface area contributed by atoms with Gasteiger partial charge in [0, 0.05) is 0 Å². The molecular formula is C10H18N2O6. The Balaban J connectivity index is 2.46. The van der Waals surface area contributed by atoms with Crippen molar-refractivity contribution in [3.8, 4) is 0 Å². The molecule has 1 fully saturated rings. The molecule has 0 radical (unpaired) electrons. The van der Waals surface area contributed by atoms with Crippen LogP contribution in [0.1, 0.15) is 6.92 Å². The number of aliphatic carboxylic acids is 1. The Morgan fingerprint density at radius 2 is 2.22 bits per heavy atom. The number of hydrogen-bond donors (Lipinski definition) is 4. The van der Waals surface area contributed by atoms with Crippen molar-refractivity contribution in [1.82, 2.24) is 10.2 Å². The van der Waals surface area contributed by atoms with Gasteiger partial charge >= 0.3 is 12.0 Å². The first kappa shape index (κ1) is 14.7. The molecular weight excluding hydrogens is 244 g/mol. The van der Waals surface area contributed by atoms with Crippen LogP contribution in [0.5, 0.6) is 0 Å². The number of hydrogen-bond acceptors (Lipinski definition) is 5. The third-order valence-electron chi connectivity index (χ3n) is 2.70. The van der Waals surface area contributed by atoms with Crippen molar-refractivity contribution in [2.45, 2.75) is 25.2 Å². The number of rotatable bonds is 4. The third-order valence-corrected chi connectivity index (χ3v) is 2.70. The van der Waals surface area contributed by atoms with E-state index in [4.69, 9.17) is 20.1 Å². The second-order valence-corrected chi connectivity index (χ2v) is 4.18. The highest BCUT2D eigenvalue weighted by Crippen LogP contribution is 2.11. The lowest BCUT2D eigenvalue weighted by Crippen LogP contribution is -2.56. The lowest BCUT2D eigenvalue weighted by molar-refractivity contribution is -0.146. The first-order valence-electron chi connectivity index (χ1n) is 5.63. The van der Waals surface area contributed by atoms with E-state index >= 15 is 0 Å². The van der Waals surface area contributed by atoms with Crippen LogP contribution in [0.3, 0.4) is 0 Å². The summed E-state index contributed by atoms with van der Waals surface area (Å²) in [5.74, 6) is -1.39. The molecule has 3 atom stereocenters. The van der Waals surface area contributed by atoms with E-state index in [0.717, 1.165) is 0 Å². The van der Waals surface area contributed by atoms with Crippen LogP contribution in [0.4, 0.5) is 4.79 Å². The molecule has 8 heteroatoms. The summed E-state index contributed by atoms with van der Waals surface area (Å²) in [5, 5.41) is 28.8. The van der Waals surface area contributed by atoms with Crippen molar-refractivity contribution in [1.29, 1.82) is 0 Å². The predicted octanol–water partition coefficient (Wildman–Crippen LogP) is -1.78. The predicted molar refractivity (Wildman–Crippen MR) is 60.0 cm³/mol. The van der Waals surface area contributed by atoms with Gasteiger partial charge in [0.05, 0.1) is 38.4 Å². The number of nitrogens with zero attached hydrogens (tertiary/aromatic N) is 1. The quantitative estimate of drug-likeness (QED) is 0.475. The molecule has 1 rings (SSSR count). The zero-order valence-corrected chi connectivity index (χ0v) is 10.1. The number of amides is 2. The van der Waals surface area contributed by atoms with E-state index < -0.39 is 24.2 Å². The molecule has 0 saturated carbocycles. The fourth-order valence-electron chi connectivity index (χ4n) is 1.58. The van der Waals surface area contributed by atoms with Crippen molar-refractivity contribution in [3.63, 3.8) is 0 Å². The molecule has 1 heterocycles. The molecule has 0 aromatic carbocycles. The highest BCUT2D eigenvalue weighted by atomic mass is 16.5. The smallest absolute Gasteiger partial charge is 0.334 e. The summed E-state index contributed by atoms with van der Waals surface area (Å²) >= 11 is 0. The van der Waals surface area contributed by atoms with E-state index in [0.29, 0.717) is 6.61 Å². The van der Waals surface area contributed by atoms with Gasteiger partial charge in [0.15, 0.2) is 6.10 Å². The molecule has 1 aliphatic rings. The Kier molecular flexibility index (Phi) is 5.32. The van der Waals surface area contributed by atoms with Crippen LogP contribution in [0.25, 0.3) is 0 Å². The summed E-state index contributed by atoms with van der Waals surface area (Å²) in [6.45, 7) is 1.77. The van der Waals surface area contributed by atoms with Crippen LogP contribution in [0, 0.1) is 0 Å². The Morgan fingerprint density at radius 3 is 2.78 bits per heavy atom. The molecule has 1 saturated heterocycles. The Bertz CT molecular complexity index is 311. The average Bonchev–Trinajstić information content (AvgIpc) is 2.35. The molecule has 8 nitrogen and oxygen atoms in total. The molecule has 0 aliphatic carbocycles. The minimum absolute atomic E-state index is 0.172. The summed E-state index contributed by atoms with van der Waals surface area (Å²) in [7, 11) is 0. The number of carboxylic acids is 1. The number of carboxylic acid groups (broad SMARTS) is 1. The molecule has 104 valence electrons. The number of aliphatic hydroxyl groups is 2. The number of aliphatic hydroxyl groups excluding tert-OH is 2. The van der Waals surface area contributed by atoms with Crippen LogP contribution >= 0.6 is 0 Å². The number of nitrogens with one attached hydrogen (secondary N) is 1. The van der Waals surface area contributed by atoms with Gasteiger partial charge in [-0.05, 0) is 6.92 Å². The maximum absolute atomic E-state index is 11.8. The van der Waals surface area contributed by atoms with Gasteiger partial charge in [-0.3, -0.25) is 0 Å². The number of carbonyl (C=O) groups excluding carboxylic acids is 1. The minimum atomic E-state index is -1.63. The number of carbonyl (C=O) groups is 2. The molecule has 4 N–H and O–H groups in total. The Labute approximate surface area is 104 Å². The summed E-state index contributed by atoms with van der Waals surface area (Å²) in [6.07, 6.45) is -2.06. The lowest BCUT2D eigenvalue weighted by atomic mass is 10.2. The van der Waals surface area contributed by atoms with E-state index in [1.807, 2.05) is 0 Å². The third kappa shape index (κ3) is 3.83. The van der Waals surface area contributed by atoms with Gasteiger partial charge < -0.3 is 30.3 Å². The van der Waals surface area contributed by atoms with Crippen LogP contribution in [0.15, 0.2) is 0 Å². The van der Waals surface area contributed by atoms with E-state index in [-0.39, 0.29) is 25.7 Å². The van der Waals surface area contributed by atoms with Crippen LogP contribution in [-0.4, -0.2) is 76.8 Å². The Hall–Kier alpha value is -1.38. The van der Waals surface area contributed by atoms with Crippen molar-refractivity contribution < 1.29 is 29.6 Å². The topological polar surface area (TPSA) is 119 Å². The van der Waals surface area contributed by atoms with Gasteiger partial charge in [-0.2, -0.15) is 0 Å². The summed E-state index contributed by atoms with van der Waals surface area (Å²) in [5.41, 5.74) is 0. The number of ether oxygens (including phenoxy) is 1. The summed E-state index contributed by atoms with van der Waals surface area (Å²) in [6, 6.07) is -0.653. The van der Waals surface area contributed by atoms with E-state index in [9.17, 15) is 9.59 Å². The average molecular weight is 262 g/mol. The number of urea groups is 1. The molecule has 2 amide bonds. The molecule has 3 unspecified atom stereocenters. The van der Waals surface area contributed by atoms with Crippen LogP contribution in [0.2, 0.25) is 0 Å². The fourth-order valence-corrected chi connectivity index (χ4v) is 1.58. The lowest BCUT2D eigenvalue weighted by Gasteiger charge is -2.37. The highest BCUT2D eigenvalue weighted by Gasteiger charge is 2.29. The van der Waals surface area contributed by atoms with Crippen molar-refractivity contribution >= 4 is 12.0 Å². The van der Waals surface area contributed by atoms with Gasteiger partial charge in [0.1, 0.15) is 0 Å². The summed E-state index contributed by atoms with van der Waals surface area (Å²) in [4.78, 5) is 23.6. The minimum Gasteiger partial charge on any atom is -0.479 e. The van der Waals surface area contributed by atoms with Crippen molar-refractivity contribution in [2.24, 2.45) is 0 Å². The van der Waals surface area contributed by atoms with Gasteiger partial charge in [-0.15, -0.1) is 0 Å². The normalized spacial score (nSPS) is 25.6. The standard InChI is InChI=1S/C10H18N2O6/c1-6-5-18-7(4-13)3-12(6)10(17)11-2-8(14)9(15)16/h6-8,13-14H,2-5H2,1H3,(H,11,17)(H,15,16). The molecule has 0 bridgehead atoms. The fraction of sp³-hybridized carbons (Fsp3) is 0.800. The molecule has 0 aromatic rings. The monoisotopic (exact) mass is 262 g/mol. The maximum atomic E-state index is 11.8. The van der Waals surface area contributed by atoms with Gasteiger partial charge in [0.2, 0.25) is 0 Å². The zero-order chi connectivity index (χ0) is 13.7. The van der Waals surface area contributed by atoms with Gasteiger partial charge in [-0.25, -0.2) is 9.59 Å². The largest absolute Gasteiger partial charge is 0.479 e. The highest BCUT2D eigenvalue weighted by molar-refractivity contribution is 5.77. The van der Waals surface area contributed by atoms with E-state index in [1.54, 1.807) is 6.92 Å². The van der Waals surface area contributed by atoms with Crippen molar-refractivity contribution in [3.05, 3.63) is 0 Å². The summed E-state index contributed by atoms with van der Waals surface area (Å²) < 4.78 is 5.27. The maximum Gasteiger partial charge on any atom is 0.334 e. The van der Waals surface area contributed by atoms with E-state index in [2.05, 4.69) is 5.32 Å². The molecule has 0 spiro atoms. The zero-order valence-electron chi connectivity index (χ0n) is 10.1. The Morgan fingerprint density at radius 1 is 1.56 bits per heavy atom. The second kappa shape index (κ2) is 6.53. The first-order chi connectivity index (χ1) is 8.45. The molecule has 18 heavy (non-hydrogen) atoms. The van der Waals surface area contributed by atoms with Crippen LogP contribution < -0.4 is 5.32 Å². The van der Waals surface area contributed by atoms with E-state index in [1.165, 1.54) is 4.90 Å². The van der Waals surface area contributed by atoms with Crippen molar-refractivity contribution in [2.75, 3.05) is 26.3 Å². The second-order valence-electron chi connectivity index (χ2n) is 4.18. The van der Waals surface area contributed by atoms with Gasteiger partial charge in [-0.1, -0.05) is 0 Å². The molecule has 0 aromatic heterocycles. The van der Waals surface area contributed by atoms with Crippen LogP contribution in [-0.2, 0) is 9.53 Å². The number of morpholine rings is 1. The SMILES string of the molecule is CC1COC(CO)CN1C(=O)NCC(O)C(=O)O. The first-order valence-corrected chi connectivity index (χ1v) is 5.63.